The van der Waals surface area contributed by atoms with Crippen LogP contribution in [0.3, 0.4) is 0 Å². The fourth-order valence-corrected chi connectivity index (χ4v) is 3.69. The van der Waals surface area contributed by atoms with Crippen LogP contribution in [0.1, 0.15) is 32.9 Å². The number of benzene rings is 1. The minimum Gasteiger partial charge on any atom is -0.349 e. The number of likely N-dealkylation sites (N-methyl/N-ethyl adjacent to an activating group) is 1. The van der Waals surface area contributed by atoms with Crippen LogP contribution in [0.5, 0.6) is 0 Å². The largest absolute Gasteiger partial charge is 0.349 e. The number of carbonyl (C=O) groups excluding carboxylic acids is 3. The minimum absolute atomic E-state index is 0.0573. The lowest BCUT2D eigenvalue weighted by atomic mass is 10.2. The summed E-state index contributed by atoms with van der Waals surface area (Å²) in [6.45, 7) is -0.0573. The smallest absolute Gasteiger partial charge is 0.264 e. The van der Waals surface area contributed by atoms with E-state index < -0.39 is 0 Å². The van der Waals surface area contributed by atoms with Crippen LogP contribution in [0.15, 0.2) is 40.2 Å². The number of anilines is 1. The zero-order valence-corrected chi connectivity index (χ0v) is 16.5. The summed E-state index contributed by atoms with van der Waals surface area (Å²) in [7, 11) is 1.58. The first-order valence-electron chi connectivity index (χ1n) is 8.14. The number of hydrogen-bond acceptors (Lipinski definition) is 4. The molecule has 3 amide bonds. The van der Waals surface area contributed by atoms with Crippen molar-refractivity contribution in [1.82, 2.24) is 10.2 Å². The molecule has 0 radical (unpaired) electrons. The SMILES string of the molecule is CN(CC(=O)Nc1ccc(C(=O)NC2CC2)cc1)C(=O)c1ccc(Br)s1. The molecule has 1 saturated carbocycles. The lowest BCUT2D eigenvalue weighted by Gasteiger charge is -2.16. The van der Waals surface area contributed by atoms with Gasteiger partial charge in [0.15, 0.2) is 0 Å². The van der Waals surface area contributed by atoms with Crippen molar-refractivity contribution in [3.05, 3.63) is 50.6 Å². The maximum Gasteiger partial charge on any atom is 0.264 e. The van der Waals surface area contributed by atoms with Gasteiger partial charge in [0.05, 0.1) is 15.2 Å². The molecule has 136 valence electrons. The van der Waals surface area contributed by atoms with Crippen molar-refractivity contribution in [2.24, 2.45) is 0 Å². The Hall–Kier alpha value is -2.19. The average Bonchev–Trinajstić information content (AvgIpc) is 3.32. The summed E-state index contributed by atoms with van der Waals surface area (Å²) in [4.78, 5) is 38.3. The van der Waals surface area contributed by atoms with E-state index in [1.165, 1.54) is 16.2 Å². The number of rotatable bonds is 6. The van der Waals surface area contributed by atoms with Crippen LogP contribution in [0.2, 0.25) is 0 Å². The molecule has 2 aromatic rings. The van der Waals surface area contributed by atoms with Crippen molar-refractivity contribution in [2.45, 2.75) is 18.9 Å². The van der Waals surface area contributed by atoms with Crippen molar-refractivity contribution in [1.29, 1.82) is 0 Å². The van der Waals surface area contributed by atoms with Crippen LogP contribution in [0.25, 0.3) is 0 Å². The summed E-state index contributed by atoms with van der Waals surface area (Å²) in [5, 5.41) is 5.65. The topological polar surface area (TPSA) is 78.5 Å². The third-order valence-corrected chi connectivity index (χ3v) is 5.47. The fourth-order valence-electron chi connectivity index (χ4n) is 2.31. The molecule has 26 heavy (non-hydrogen) atoms. The molecule has 1 aliphatic rings. The third-order valence-electron chi connectivity index (χ3n) is 3.85. The second kappa shape index (κ2) is 8.01. The Morgan fingerprint density at radius 2 is 1.85 bits per heavy atom. The number of amides is 3. The second-order valence-electron chi connectivity index (χ2n) is 6.14. The highest BCUT2D eigenvalue weighted by Crippen LogP contribution is 2.23. The number of halogens is 1. The van der Waals surface area contributed by atoms with Crippen LogP contribution >= 0.6 is 27.3 Å². The van der Waals surface area contributed by atoms with Gasteiger partial charge < -0.3 is 15.5 Å². The van der Waals surface area contributed by atoms with Gasteiger partial charge in [-0.1, -0.05) is 0 Å². The summed E-state index contributed by atoms with van der Waals surface area (Å²) in [5.41, 5.74) is 1.14. The van der Waals surface area contributed by atoms with Gasteiger partial charge in [0.2, 0.25) is 5.91 Å². The summed E-state index contributed by atoms with van der Waals surface area (Å²) >= 11 is 4.64. The van der Waals surface area contributed by atoms with Gasteiger partial charge >= 0.3 is 0 Å². The maximum atomic E-state index is 12.2. The van der Waals surface area contributed by atoms with Crippen molar-refractivity contribution in [3.63, 3.8) is 0 Å². The molecule has 6 nitrogen and oxygen atoms in total. The van der Waals surface area contributed by atoms with E-state index in [2.05, 4.69) is 26.6 Å². The normalized spacial score (nSPS) is 13.2. The van der Waals surface area contributed by atoms with E-state index in [1.807, 2.05) is 0 Å². The van der Waals surface area contributed by atoms with E-state index in [-0.39, 0.29) is 24.3 Å². The van der Waals surface area contributed by atoms with E-state index >= 15 is 0 Å². The van der Waals surface area contributed by atoms with Crippen LogP contribution < -0.4 is 10.6 Å². The molecule has 1 aromatic carbocycles. The summed E-state index contributed by atoms with van der Waals surface area (Å²) in [6.07, 6.45) is 2.07. The van der Waals surface area contributed by atoms with Crippen molar-refractivity contribution >= 4 is 50.7 Å². The first-order chi connectivity index (χ1) is 12.4. The molecule has 1 aliphatic carbocycles. The van der Waals surface area contributed by atoms with Crippen LogP contribution in [-0.2, 0) is 4.79 Å². The van der Waals surface area contributed by atoms with Gasteiger partial charge in [0.1, 0.15) is 0 Å². The zero-order valence-electron chi connectivity index (χ0n) is 14.1. The van der Waals surface area contributed by atoms with Crippen LogP contribution in [0.4, 0.5) is 5.69 Å². The Labute approximate surface area is 163 Å². The Morgan fingerprint density at radius 1 is 1.15 bits per heavy atom. The molecule has 0 spiro atoms. The van der Waals surface area contributed by atoms with E-state index in [1.54, 1.807) is 43.4 Å². The highest BCUT2D eigenvalue weighted by Gasteiger charge is 2.23. The van der Waals surface area contributed by atoms with Crippen molar-refractivity contribution < 1.29 is 14.4 Å². The molecule has 0 aliphatic heterocycles. The number of nitrogens with one attached hydrogen (secondary N) is 2. The Balaban J connectivity index is 1.52. The minimum atomic E-state index is -0.299. The molecule has 0 bridgehead atoms. The predicted molar refractivity (Wildman–Crippen MR) is 105 cm³/mol. The predicted octanol–water partition coefficient (Wildman–Crippen LogP) is 3.11. The Kier molecular flexibility index (Phi) is 5.73. The third kappa shape index (κ3) is 4.92. The number of thiophene rings is 1. The summed E-state index contributed by atoms with van der Waals surface area (Å²) in [5.74, 6) is -0.604. The molecule has 3 rings (SSSR count). The fraction of sp³-hybridized carbons (Fsp3) is 0.278. The van der Waals surface area contributed by atoms with Gasteiger partial charge in [-0.15, -0.1) is 11.3 Å². The highest BCUT2D eigenvalue weighted by molar-refractivity contribution is 9.11. The van der Waals surface area contributed by atoms with Crippen molar-refractivity contribution in [3.8, 4) is 0 Å². The van der Waals surface area contributed by atoms with Crippen molar-refractivity contribution in [2.75, 3.05) is 18.9 Å². The molecule has 0 saturated heterocycles. The quantitative estimate of drug-likeness (QED) is 0.731. The van der Waals surface area contributed by atoms with Gasteiger partial charge in [0, 0.05) is 24.3 Å². The molecule has 0 unspecified atom stereocenters. The number of nitrogens with zero attached hydrogens (tertiary/aromatic N) is 1. The molecule has 1 heterocycles. The van der Waals surface area contributed by atoms with E-state index in [0.717, 1.165) is 16.6 Å². The Bertz CT molecular complexity index is 830. The van der Waals surface area contributed by atoms with E-state index in [9.17, 15) is 14.4 Å². The summed E-state index contributed by atoms with van der Waals surface area (Å²) < 4.78 is 0.865. The van der Waals surface area contributed by atoms with Crippen LogP contribution in [-0.4, -0.2) is 42.3 Å². The molecular formula is C18H18BrN3O3S. The highest BCUT2D eigenvalue weighted by atomic mass is 79.9. The number of carbonyl (C=O) groups is 3. The number of hydrogen-bond donors (Lipinski definition) is 2. The van der Waals surface area contributed by atoms with Gasteiger partial charge in [-0.3, -0.25) is 14.4 Å². The monoisotopic (exact) mass is 435 g/mol. The van der Waals surface area contributed by atoms with Gasteiger partial charge in [0.25, 0.3) is 11.8 Å². The van der Waals surface area contributed by atoms with E-state index in [0.29, 0.717) is 22.2 Å². The second-order valence-corrected chi connectivity index (χ2v) is 8.60. The molecule has 8 heteroatoms. The molecular weight excluding hydrogens is 418 g/mol. The Morgan fingerprint density at radius 3 is 2.42 bits per heavy atom. The molecule has 0 atom stereocenters. The maximum absolute atomic E-state index is 12.2. The molecule has 1 aromatic heterocycles. The van der Waals surface area contributed by atoms with Gasteiger partial charge in [-0.2, -0.15) is 0 Å². The lowest BCUT2D eigenvalue weighted by Crippen LogP contribution is -2.34. The van der Waals surface area contributed by atoms with Gasteiger partial charge in [-0.05, 0) is 65.2 Å². The van der Waals surface area contributed by atoms with E-state index in [4.69, 9.17) is 0 Å². The molecule has 2 N–H and O–H groups in total. The first kappa shape index (κ1) is 18.6. The lowest BCUT2D eigenvalue weighted by molar-refractivity contribution is -0.116. The van der Waals surface area contributed by atoms with Crippen LogP contribution in [0, 0.1) is 0 Å². The summed E-state index contributed by atoms with van der Waals surface area (Å²) in [6, 6.07) is 10.5. The standard InChI is InChI=1S/C18H18BrN3O3S/c1-22(18(25)14-8-9-15(19)26-14)10-16(23)20-12-4-2-11(3-5-12)17(24)21-13-6-7-13/h2-5,8-9,13H,6-7,10H2,1H3,(H,20,23)(H,21,24). The van der Waals surface area contributed by atoms with Gasteiger partial charge in [-0.25, -0.2) is 0 Å². The average molecular weight is 436 g/mol. The first-order valence-corrected chi connectivity index (χ1v) is 9.75. The zero-order chi connectivity index (χ0) is 18.7. The molecule has 1 fully saturated rings.